The second kappa shape index (κ2) is 9.67. The summed E-state index contributed by atoms with van der Waals surface area (Å²) in [6.07, 6.45) is 0.335. The van der Waals surface area contributed by atoms with Crippen LogP contribution < -0.4 is 0 Å². The van der Waals surface area contributed by atoms with Gasteiger partial charge >= 0.3 is 0 Å². The quantitative estimate of drug-likeness (QED) is 0.620. The molecule has 0 atom stereocenters. The Hall–Kier alpha value is -2.18. The molecule has 2 amide bonds. The summed E-state index contributed by atoms with van der Waals surface area (Å²) >= 11 is 7.08. The van der Waals surface area contributed by atoms with Crippen molar-refractivity contribution in [3.63, 3.8) is 0 Å². The topological polar surface area (TPSA) is 57.7 Å². The predicted molar refractivity (Wildman–Crippen MR) is 108 cm³/mol. The Morgan fingerprint density at radius 1 is 1.00 bits per heavy atom. The molecule has 7 heteroatoms. The summed E-state index contributed by atoms with van der Waals surface area (Å²) in [5.74, 6) is -0.193. The lowest BCUT2D eigenvalue weighted by molar-refractivity contribution is -0.131. The zero-order valence-corrected chi connectivity index (χ0v) is 17.3. The highest BCUT2D eigenvalue weighted by atomic mass is 35.5. The number of halogens is 1. The van der Waals surface area contributed by atoms with Crippen LogP contribution in [0.2, 0.25) is 4.34 Å². The maximum absolute atomic E-state index is 12.5. The van der Waals surface area contributed by atoms with E-state index in [1.807, 2.05) is 19.1 Å². The van der Waals surface area contributed by atoms with Crippen LogP contribution in [0, 0.1) is 0 Å². The van der Waals surface area contributed by atoms with E-state index in [0.29, 0.717) is 27.9 Å². The number of benzene rings is 1. The molecule has 0 N–H and O–H groups in total. The Morgan fingerprint density at radius 3 is 2.19 bits per heavy atom. The van der Waals surface area contributed by atoms with Crippen LogP contribution in [-0.4, -0.2) is 48.0 Å². The van der Waals surface area contributed by atoms with E-state index in [1.165, 1.54) is 16.2 Å². The third-order valence-electron chi connectivity index (χ3n) is 4.13. The number of ketones is 1. The molecule has 0 saturated heterocycles. The fourth-order valence-corrected chi connectivity index (χ4v) is 3.58. The maximum Gasteiger partial charge on any atom is 0.253 e. The largest absolute Gasteiger partial charge is 0.345 e. The second-order valence-corrected chi connectivity index (χ2v) is 8.05. The van der Waals surface area contributed by atoms with Crippen molar-refractivity contribution in [3.05, 3.63) is 56.7 Å². The van der Waals surface area contributed by atoms with Crippen molar-refractivity contribution in [1.29, 1.82) is 0 Å². The van der Waals surface area contributed by atoms with Gasteiger partial charge in [0.25, 0.3) is 5.91 Å². The molecule has 27 heavy (non-hydrogen) atoms. The first-order valence-electron chi connectivity index (χ1n) is 8.68. The minimum absolute atomic E-state index is 0.0582. The average molecular weight is 407 g/mol. The first-order chi connectivity index (χ1) is 12.8. The van der Waals surface area contributed by atoms with Gasteiger partial charge in [-0.1, -0.05) is 23.7 Å². The Balaban J connectivity index is 1.92. The monoisotopic (exact) mass is 406 g/mol. The molecule has 0 bridgehead atoms. The van der Waals surface area contributed by atoms with Crippen molar-refractivity contribution in [2.24, 2.45) is 0 Å². The lowest BCUT2D eigenvalue weighted by Gasteiger charge is -2.21. The third-order valence-corrected chi connectivity index (χ3v) is 5.40. The molecule has 1 aromatic carbocycles. The van der Waals surface area contributed by atoms with Crippen LogP contribution in [0.25, 0.3) is 0 Å². The molecule has 2 rings (SSSR count). The lowest BCUT2D eigenvalue weighted by atomic mass is 10.1. The van der Waals surface area contributed by atoms with Gasteiger partial charge in [0.05, 0.1) is 9.21 Å². The Labute approximate surface area is 168 Å². The molecule has 0 fully saturated rings. The van der Waals surface area contributed by atoms with Crippen LogP contribution >= 0.6 is 22.9 Å². The van der Waals surface area contributed by atoms with Crippen molar-refractivity contribution in [1.82, 2.24) is 9.80 Å². The van der Waals surface area contributed by atoms with E-state index in [4.69, 9.17) is 11.6 Å². The van der Waals surface area contributed by atoms with E-state index in [2.05, 4.69) is 0 Å². The molecule has 2 aromatic rings. The summed E-state index contributed by atoms with van der Waals surface area (Å²) < 4.78 is 0.566. The van der Waals surface area contributed by atoms with Crippen molar-refractivity contribution in [3.8, 4) is 0 Å². The molecule has 0 spiro atoms. The highest BCUT2D eigenvalue weighted by molar-refractivity contribution is 7.18. The van der Waals surface area contributed by atoms with Crippen molar-refractivity contribution in [2.45, 2.75) is 26.3 Å². The Bertz CT molecular complexity index is 815. The van der Waals surface area contributed by atoms with Crippen molar-refractivity contribution >= 4 is 40.5 Å². The number of Topliss-reactive ketones (excluding diaryl/α,β-unsaturated/α-hetero) is 1. The molecule has 0 aliphatic heterocycles. The summed E-state index contributed by atoms with van der Waals surface area (Å²) in [6, 6.07) is 10.6. The Morgan fingerprint density at radius 2 is 1.67 bits per heavy atom. The van der Waals surface area contributed by atoms with E-state index in [1.54, 1.807) is 43.3 Å². The first-order valence-corrected chi connectivity index (χ1v) is 9.88. The standard InChI is InChI=1S/C20H23ClN2O3S/c1-4-23(13-14-5-7-15(8-6-14)20(26)22(2)3)19(25)12-9-16(24)17-10-11-18(21)27-17/h5-8,10-11H,4,9,12-13H2,1-3H3. The molecule has 0 saturated carbocycles. The summed E-state index contributed by atoms with van der Waals surface area (Å²) in [6.45, 7) is 2.91. The van der Waals surface area contributed by atoms with Gasteiger partial charge in [0.1, 0.15) is 0 Å². The van der Waals surface area contributed by atoms with Crippen LogP contribution in [0.4, 0.5) is 0 Å². The van der Waals surface area contributed by atoms with Gasteiger partial charge in [-0.15, -0.1) is 11.3 Å². The molecular weight excluding hydrogens is 384 g/mol. The van der Waals surface area contributed by atoms with E-state index in [9.17, 15) is 14.4 Å². The molecule has 0 aliphatic rings. The van der Waals surface area contributed by atoms with Gasteiger partial charge < -0.3 is 9.80 Å². The minimum atomic E-state index is -0.0676. The fraction of sp³-hybridized carbons (Fsp3) is 0.350. The normalized spacial score (nSPS) is 10.5. The van der Waals surface area contributed by atoms with Crippen LogP contribution in [0.15, 0.2) is 36.4 Å². The Kier molecular flexibility index (Phi) is 7.56. The number of hydrogen-bond acceptors (Lipinski definition) is 4. The average Bonchev–Trinajstić information content (AvgIpc) is 3.10. The predicted octanol–water partition coefficient (Wildman–Crippen LogP) is 4.11. The zero-order chi connectivity index (χ0) is 20.0. The molecule has 1 aromatic heterocycles. The minimum Gasteiger partial charge on any atom is -0.345 e. The number of amides is 2. The second-order valence-electron chi connectivity index (χ2n) is 6.33. The van der Waals surface area contributed by atoms with E-state index < -0.39 is 0 Å². The van der Waals surface area contributed by atoms with Crippen molar-refractivity contribution in [2.75, 3.05) is 20.6 Å². The number of carbonyl (C=O) groups is 3. The van der Waals surface area contributed by atoms with Crippen molar-refractivity contribution < 1.29 is 14.4 Å². The molecule has 0 radical (unpaired) electrons. The first kappa shape index (κ1) is 21.1. The fourth-order valence-electron chi connectivity index (χ4n) is 2.57. The maximum atomic E-state index is 12.5. The molecule has 0 aliphatic carbocycles. The number of nitrogens with zero attached hydrogens (tertiary/aromatic N) is 2. The molecule has 144 valence electrons. The molecule has 1 heterocycles. The van der Waals surface area contributed by atoms with Gasteiger partial charge in [-0.2, -0.15) is 0 Å². The van der Waals surface area contributed by atoms with Crippen LogP contribution in [-0.2, 0) is 11.3 Å². The van der Waals surface area contributed by atoms with Crippen LogP contribution in [0.5, 0.6) is 0 Å². The van der Waals surface area contributed by atoms with Gasteiger partial charge in [-0.25, -0.2) is 0 Å². The summed E-state index contributed by atoms with van der Waals surface area (Å²) in [5, 5.41) is 0. The summed E-state index contributed by atoms with van der Waals surface area (Å²) in [5.41, 5.74) is 1.55. The van der Waals surface area contributed by atoms with E-state index in [-0.39, 0.29) is 30.4 Å². The number of hydrogen-bond donors (Lipinski definition) is 0. The van der Waals surface area contributed by atoms with Gasteiger partial charge in [0, 0.05) is 45.6 Å². The third kappa shape index (κ3) is 5.91. The smallest absolute Gasteiger partial charge is 0.253 e. The van der Waals surface area contributed by atoms with Gasteiger partial charge in [-0.3, -0.25) is 14.4 Å². The van der Waals surface area contributed by atoms with Gasteiger partial charge in [-0.05, 0) is 36.8 Å². The van der Waals surface area contributed by atoms with Crippen LogP contribution in [0.3, 0.4) is 0 Å². The van der Waals surface area contributed by atoms with Gasteiger partial charge in [0.2, 0.25) is 5.91 Å². The van der Waals surface area contributed by atoms with E-state index >= 15 is 0 Å². The molecule has 0 unspecified atom stereocenters. The van der Waals surface area contributed by atoms with Gasteiger partial charge in [0.15, 0.2) is 5.78 Å². The SMILES string of the molecule is CCN(Cc1ccc(C(=O)N(C)C)cc1)C(=O)CCC(=O)c1ccc(Cl)s1. The summed E-state index contributed by atoms with van der Waals surface area (Å²) in [7, 11) is 3.42. The number of rotatable bonds is 8. The highest BCUT2D eigenvalue weighted by Crippen LogP contribution is 2.23. The lowest BCUT2D eigenvalue weighted by Crippen LogP contribution is -2.30. The summed E-state index contributed by atoms with van der Waals surface area (Å²) in [4.78, 5) is 40.3. The highest BCUT2D eigenvalue weighted by Gasteiger charge is 2.16. The zero-order valence-electron chi connectivity index (χ0n) is 15.7. The number of thiophene rings is 1. The molecule has 5 nitrogen and oxygen atoms in total. The molecular formula is C20H23ClN2O3S. The van der Waals surface area contributed by atoms with E-state index in [0.717, 1.165) is 5.56 Å². The van der Waals surface area contributed by atoms with Crippen LogP contribution in [0.1, 0.15) is 45.4 Å². The number of carbonyl (C=O) groups excluding carboxylic acids is 3.